The third-order valence-corrected chi connectivity index (χ3v) is 7.71. The van der Waals surface area contributed by atoms with Crippen LogP contribution >= 0.6 is 0 Å². The van der Waals surface area contributed by atoms with Crippen LogP contribution in [0.3, 0.4) is 0 Å². The van der Waals surface area contributed by atoms with E-state index in [0.29, 0.717) is 22.8 Å². The van der Waals surface area contributed by atoms with Crippen LogP contribution < -0.4 is 0 Å². The van der Waals surface area contributed by atoms with Crippen molar-refractivity contribution in [2.75, 3.05) is 0 Å². The number of carboxylic acids is 1. The van der Waals surface area contributed by atoms with Gasteiger partial charge < -0.3 is 10.2 Å². The van der Waals surface area contributed by atoms with Crippen LogP contribution in [0.1, 0.15) is 81.6 Å². The van der Waals surface area contributed by atoms with Crippen molar-refractivity contribution in [1.82, 2.24) is 0 Å². The van der Waals surface area contributed by atoms with E-state index in [-0.39, 0.29) is 6.10 Å². The number of unbranched alkanes of at least 4 members (excludes halogenated alkanes) is 2. The summed E-state index contributed by atoms with van der Waals surface area (Å²) in [6.45, 7) is 7.02. The van der Waals surface area contributed by atoms with Crippen LogP contribution in [-0.4, -0.2) is 22.3 Å². The molecule has 1 aromatic rings. The Kier molecular flexibility index (Phi) is 7.57. The molecule has 164 valence electrons. The van der Waals surface area contributed by atoms with Gasteiger partial charge in [-0.1, -0.05) is 76.5 Å². The molecule has 4 rings (SSSR count). The fourth-order valence-electron chi connectivity index (χ4n) is 5.65. The highest BCUT2D eigenvalue weighted by atomic mass is 16.4. The molecule has 0 aliphatic heterocycles. The van der Waals surface area contributed by atoms with Gasteiger partial charge in [-0.3, -0.25) is 0 Å². The van der Waals surface area contributed by atoms with Gasteiger partial charge in [-0.05, 0) is 72.5 Å². The lowest BCUT2D eigenvalue weighted by atomic mass is 9.43. The molecular formula is C27H38O3. The van der Waals surface area contributed by atoms with Gasteiger partial charge in [0.2, 0.25) is 0 Å². The molecule has 2 bridgehead atoms. The number of hydrogen-bond donors (Lipinski definition) is 2. The van der Waals surface area contributed by atoms with E-state index in [4.69, 9.17) is 0 Å². The van der Waals surface area contributed by atoms with E-state index < -0.39 is 5.97 Å². The van der Waals surface area contributed by atoms with E-state index in [9.17, 15) is 15.0 Å². The number of carbonyl (C=O) groups is 1. The SMILES string of the molecule is CCCCC[C@H](O)/C=C/C1C[C@@H]2CC([C@@H]1C/C=C/c1cccc(C(=O)O)c1)C2(C)C. The predicted molar refractivity (Wildman–Crippen MR) is 123 cm³/mol. The zero-order valence-electron chi connectivity index (χ0n) is 18.8. The van der Waals surface area contributed by atoms with Crippen molar-refractivity contribution < 1.29 is 15.0 Å². The second-order valence-corrected chi connectivity index (χ2v) is 9.94. The number of aliphatic hydroxyl groups is 1. The number of benzene rings is 1. The van der Waals surface area contributed by atoms with E-state index in [0.717, 1.165) is 36.7 Å². The van der Waals surface area contributed by atoms with Crippen molar-refractivity contribution in [3.8, 4) is 0 Å². The predicted octanol–water partition coefficient (Wildman–Crippen LogP) is 6.58. The van der Waals surface area contributed by atoms with Crippen LogP contribution in [0, 0.1) is 29.1 Å². The number of carboxylic acid groups (broad SMARTS) is 1. The Labute approximate surface area is 181 Å². The van der Waals surface area contributed by atoms with Gasteiger partial charge in [-0.25, -0.2) is 4.79 Å². The van der Waals surface area contributed by atoms with Gasteiger partial charge in [0, 0.05) is 0 Å². The second-order valence-electron chi connectivity index (χ2n) is 9.94. The maximum absolute atomic E-state index is 11.2. The van der Waals surface area contributed by atoms with E-state index >= 15 is 0 Å². The number of aliphatic hydroxyl groups excluding tert-OH is 1. The van der Waals surface area contributed by atoms with Crippen LogP contribution in [0.15, 0.2) is 42.5 Å². The first kappa shape index (κ1) is 22.8. The average molecular weight is 411 g/mol. The summed E-state index contributed by atoms with van der Waals surface area (Å²) in [5, 5.41) is 19.5. The third kappa shape index (κ3) is 5.24. The van der Waals surface area contributed by atoms with Crippen molar-refractivity contribution >= 4 is 12.0 Å². The Balaban J connectivity index is 1.65. The molecule has 3 saturated carbocycles. The van der Waals surface area contributed by atoms with E-state index in [1.165, 1.54) is 25.7 Å². The lowest BCUT2D eigenvalue weighted by Crippen LogP contribution is -2.55. The molecule has 2 unspecified atom stereocenters. The van der Waals surface area contributed by atoms with Gasteiger partial charge in [0.05, 0.1) is 11.7 Å². The van der Waals surface area contributed by atoms with E-state index in [1.54, 1.807) is 18.2 Å². The highest BCUT2D eigenvalue weighted by molar-refractivity contribution is 5.88. The maximum Gasteiger partial charge on any atom is 0.335 e. The summed E-state index contributed by atoms with van der Waals surface area (Å²) >= 11 is 0. The Morgan fingerprint density at radius 1 is 1.27 bits per heavy atom. The van der Waals surface area contributed by atoms with Crippen LogP contribution in [0.5, 0.6) is 0 Å². The fourth-order valence-corrected chi connectivity index (χ4v) is 5.65. The second kappa shape index (κ2) is 9.96. The standard InChI is InChI=1S/C27H38O3/c1-4-5-6-12-23(28)15-14-20-17-22-18-25(27(22,2)3)24(20)13-8-10-19-9-7-11-21(16-19)26(29)30/h7-11,14-16,20,22-25,28H,4-6,12-13,17-18H2,1-3H3,(H,29,30)/b10-8+,15-14+/t20?,22-,23+,24-,25?/m1/s1. The van der Waals surface area contributed by atoms with Crippen LogP contribution in [0.4, 0.5) is 0 Å². The highest BCUT2D eigenvalue weighted by Gasteiger charge is 2.56. The van der Waals surface area contributed by atoms with Gasteiger partial charge >= 0.3 is 5.97 Å². The van der Waals surface area contributed by atoms with Crippen LogP contribution in [0.25, 0.3) is 6.08 Å². The largest absolute Gasteiger partial charge is 0.478 e. The molecule has 0 aromatic heterocycles. The van der Waals surface area contributed by atoms with Crippen molar-refractivity contribution in [1.29, 1.82) is 0 Å². The molecule has 1 aromatic carbocycles. The molecule has 0 heterocycles. The van der Waals surface area contributed by atoms with Gasteiger partial charge in [0.25, 0.3) is 0 Å². The summed E-state index contributed by atoms with van der Waals surface area (Å²) in [5.41, 5.74) is 1.68. The average Bonchev–Trinajstić information content (AvgIpc) is 2.72. The zero-order valence-corrected chi connectivity index (χ0v) is 18.8. The summed E-state index contributed by atoms with van der Waals surface area (Å²) in [6.07, 6.45) is 16.2. The summed E-state index contributed by atoms with van der Waals surface area (Å²) in [6, 6.07) is 7.11. The number of hydrogen-bond acceptors (Lipinski definition) is 2. The molecule has 0 spiro atoms. The Bertz CT molecular complexity index is 776. The minimum atomic E-state index is -0.887. The first-order valence-corrected chi connectivity index (χ1v) is 11.7. The lowest BCUT2D eigenvalue weighted by molar-refractivity contribution is -0.123. The molecule has 5 atom stereocenters. The Morgan fingerprint density at radius 3 is 2.77 bits per heavy atom. The summed E-state index contributed by atoms with van der Waals surface area (Å²) in [7, 11) is 0. The van der Waals surface area contributed by atoms with Crippen molar-refractivity contribution in [2.45, 2.75) is 71.8 Å². The summed E-state index contributed by atoms with van der Waals surface area (Å²) < 4.78 is 0. The molecule has 3 aliphatic carbocycles. The molecule has 0 amide bonds. The molecule has 30 heavy (non-hydrogen) atoms. The smallest absolute Gasteiger partial charge is 0.335 e. The maximum atomic E-state index is 11.2. The number of aromatic carboxylic acids is 1. The van der Waals surface area contributed by atoms with Crippen molar-refractivity contribution in [3.63, 3.8) is 0 Å². The zero-order chi connectivity index (χ0) is 21.7. The van der Waals surface area contributed by atoms with Gasteiger partial charge in [-0.2, -0.15) is 0 Å². The topological polar surface area (TPSA) is 57.5 Å². The number of allylic oxidation sites excluding steroid dienone is 2. The summed E-state index contributed by atoms with van der Waals surface area (Å²) in [5.74, 6) is 1.74. The molecule has 3 heteroatoms. The van der Waals surface area contributed by atoms with E-state index in [1.807, 2.05) is 12.1 Å². The number of fused-ring (bicyclic) bond motifs is 2. The van der Waals surface area contributed by atoms with Crippen LogP contribution in [-0.2, 0) is 0 Å². The summed E-state index contributed by atoms with van der Waals surface area (Å²) in [4.78, 5) is 11.2. The first-order valence-electron chi connectivity index (χ1n) is 11.7. The van der Waals surface area contributed by atoms with Crippen LogP contribution in [0.2, 0.25) is 0 Å². The Hall–Kier alpha value is -1.87. The number of rotatable bonds is 10. The molecule has 3 aliphatic rings. The monoisotopic (exact) mass is 410 g/mol. The van der Waals surface area contributed by atoms with Gasteiger partial charge in [0.15, 0.2) is 0 Å². The third-order valence-electron chi connectivity index (χ3n) is 7.71. The van der Waals surface area contributed by atoms with Gasteiger partial charge in [-0.15, -0.1) is 0 Å². The molecule has 3 nitrogen and oxygen atoms in total. The minimum absolute atomic E-state index is 0.322. The first-order chi connectivity index (χ1) is 14.3. The molecule has 2 N–H and O–H groups in total. The molecule has 0 radical (unpaired) electrons. The fraction of sp³-hybridized carbons (Fsp3) is 0.593. The van der Waals surface area contributed by atoms with Crippen molar-refractivity contribution in [3.05, 3.63) is 53.6 Å². The van der Waals surface area contributed by atoms with Crippen molar-refractivity contribution in [2.24, 2.45) is 29.1 Å². The highest BCUT2D eigenvalue weighted by Crippen LogP contribution is 2.64. The van der Waals surface area contributed by atoms with Gasteiger partial charge in [0.1, 0.15) is 0 Å². The molecule has 3 fully saturated rings. The molecular weight excluding hydrogens is 372 g/mol. The molecule has 0 saturated heterocycles. The normalized spacial score (nSPS) is 28.5. The Morgan fingerprint density at radius 2 is 2.07 bits per heavy atom. The minimum Gasteiger partial charge on any atom is -0.478 e. The van der Waals surface area contributed by atoms with E-state index in [2.05, 4.69) is 39.0 Å². The quantitative estimate of drug-likeness (QED) is 0.338. The lowest BCUT2D eigenvalue weighted by Gasteiger charge is -2.62.